The van der Waals surface area contributed by atoms with Crippen LogP contribution in [0.25, 0.3) is 0 Å². The average molecular weight is 289 g/mol. The van der Waals surface area contributed by atoms with Gasteiger partial charge in [0, 0.05) is 24.1 Å². The molecule has 0 spiro atoms. The standard InChI is InChI=1S/C16H19NO2S/c1-3-17(11-15-5-4-10-20-15)16(18)14-8-6-13(7-9-14)12-19-2/h4-10H,3,11-12H2,1-2H3. The van der Waals surface area contributed by atoms with E-state index in [2.05, 4.69) is 6.07 Å². The van der Waals surface area contributed by atoms with E-state index in [9.17, 15) is 4.79 Å². The van der Waals surface area contributed by atoms with E-state index in [1.165, 1.54) is 4.88 Å². The van der Waals surface area contributed by atoms with E-state index in [4.69, 9.17) is 4.74 Å². The van der Waals surface area contributed by atoms with Crippen LogP contribution in [0.5, 0.6) is 0 Å². The van der Waals surface area contributed by atoms with Gasteiger partial charge in [0.25, 0.3) is 5.91 Å². The van der Waals surface area contributed by atoms with Gasteiger partial charge >= 0.3 is 0 Å². The van der Waals surface area contributed by atoms with Crippen molar-refractivity contribution in [2.45, 2.75) is 20.1 Å². The highest BCUT2D eigenvalue weighted by molar-refractivity contribution is 7.09. The molecule has 0 radical (unpaired) electrons. The summed E-state index contributed by atoms with van der Waals surface area (Å²) in [5.74, 6) is 0.0740. The van der Waals surface area contributed by atoms with Crippen molar-refractivity contribution in [1.82, 2.24) is 4.90 Å². The minimum atomic E-state index is 0.0740. The highest BCUT2D eigenvalue weighted by Gasteiger charge is 2.14. The molecule has 106 valence electrons. The van der Waals surface area contributed by atoms with Crippen molar-refractivity contribution in [3.8, 4) is 0 Å². The van der Waals surface area contributed by atoms with Crippen LogP contribution in [0.15, 0.2) is 41.8 Å². The van der Waals surface area contributed by atoms with Crippen LogP contribution in [0.2, 0.25) is 0 Å². The van der Waals surface area contributed by atoms with Gasteiger partial charge in [0.15, 0.2) is 0 Å². The zero-order valence-corrected chi connectivity index (χ0v) is 12.7. The molecule has 0 bridgehead atoms. The van der Waals surface area contributed by atoms with Crippen molar-refractivity contribution >= 4 is 17.2 Å². The van der Waals surface area contributed by atoms with Crippen LogP contribution in [0.3, 0.4) is 0 Å². The number of thiophene rings is 1. The van der Waals surface area contributed by atoms with Crippen LogP contribution in [-0.4, -0.2) is 24.5 Å². The van der Waals surface area contributed by atoms with Gasteiger partial charge in [-0.05, 0) is 36.1 Å². The maximum atomic E-state index is 12.5. The third kappa shape index (κ3) is 3.68. The van der Waals surface area contributed by atoms with Gasteiger partial charge in [-0.15, -0.1) is 11.3 Å². The molecule has 1 aromatic heterocycles. The topological polar surface area (TPSA) is 29.5 Å². The minimum Gasteiger partial charge on any atom is -0.380 e. The highest BCUT2D eigenvalue weighted by atomic mass is 32.1. The highest BCUT2D eigenvalue weighted by Crippen LogP contribution is 2.15. The number of methoxy groups -OCH3 is 1. The van der Waals surface area contributed by atoms with Gasteiger partial charge in [-0.2, -0.15) is 0 Å². The summed E-state index contributed by atoms with van der Waals surface area (Å²) in [7, 11) is 1.67. The molecular formula is C16H19NO2S. The Kier molecular flexibility index (Phi) is 5.32. The molecule has 0 aliphatic carbocycles. The van der Waals surface area contributed by atoms with E-state index in [1.807, 2.05) is 47.5 Å². The first kappa shape index (κ1) is 14.8. The van der Waals surface area contributed by atoms with Crippen LogP contribution >= 0.6 is 11.3 Å². The number of rotatable bonds is 6. The Morgan fingerprint density at radius 2 is 2.00 bits per heavy atom. The van der Waals surface area contributed by atoms with E-state index in [0.29, 0.717) is 19.7 Å². The van der Waals surface area contributed by atoms with Crippen LogP contribution < -0.4 is 0 Å². The Morgan fingerprint density at radius 3 is 2.55 bits per heavy atom. The van der Waals surface area contributed by atoms with Gasteiger partial charge in [-0.1, -0.05) is 18.2 Å². The average Bonchev–Trinajstić information content (AvgIpc) is 2.98. The minimum absolute atomic E-state index is 0.0740. The largest absolute Gasteiger partial charge is 0.380 e. The Labute approximate surface area is 123 Å². The smallest absolute Gasteiger partial charge is 0.254 e. The summed E-state index contributed by atoms with van der Waals surface area (Å²) in [6.07, 6.45) is 0. The van der Waals surface area contributed by atoms with E-state index in [-0.39, 0.29) is 5.91 Å². The lowest BCUT2D eigenvalue weighted by Crippen LogP contribution is -2.29. The number of ether oxygens (including phenoxy) is 1. The third-order valence-corrected chi connectivity index (χ3v) is 3.97. The molecule has 20 heavy (non-hydrogen) atoms. The molecule has 2 aromatic rings. The first-order valence-corrected chi connectivity index (χ1v) is 7.52. The van der Waals surface area contributed by atoms with E-state index in [0.717, 1.165) is 11.1 Å². The Hall–Kier alpha value is -1.65. The molecule has 0 saturated carbocycles. The monoisotopic (exact) mass is 289 g/mol. The second kappa shape index (κ2) is 7.22. The summed E-state index contributed by atoms with van der Waals surface area (Å²) in [6, 6.07) is 11.7. The van der Waals surface area contributed by atoms with Gasteiger partial charge in [0.2, 0.25) is 0 Å². The second-order valence-electron chi connectivity index (χ2n) is 4.53. The lowest BCUT2D eigenvalue weighted by Gasteiger charge is -2.20. The van der Waals surface area contributed by atoms with Gasteiger partial charge < -0.3 is 9.64 Å². The number of amides is 1. The second-order valence-corrected chi connectivity index (χ2v) is 5.56. The predicted molar refractivity (Wildman–Crippen MR) is 81.9 cm³/mol. The molecule has 0 N–H and O–H groups in total. The summed E-state index contributed by atoms with van der Waals surface area (Å²) in [5, 5.41) is 2.03. The molecule has 3 nitrogen and oxygen atoms in total. The normalized spacial score (nSPS) is 10.5. The maximum Gasteiger partial charge on any atom is 0.254 e. The number of hydrogen-bond acceptors (Lipinski definition) is 3. The zero-order chi connectivity index (χ0) is 14.4. The molecule has 0 aliphatic rings. The van der Waals surface area contributed by atoms with Gasteiger partial charge in [0.1, 0.15) is 0 Å². The fraction of sp³-hybridized carbons (Fsp3) is 0.312. The molecule has 0 saturated heterocycles. The lowest BCUT2D eigenvalue weighted by atomic mass is 10.1. The summed E-state index contributed by atoms with van der Waals surface area (Å²) >= 11 is 1.68. The van der Waals surface area contributed by atoms with Crippen LogP contribution in [0.4, 0.5) is 0 Å². The quantitative estimate of drug-likeness (QED) is 0.814. The molecule has 1 aromatic carbocycles. The summed E-state index contributed by atoms with van der Waals surface area (Å²) < 4.78 is 5.07. The summed E-state index contributed by atoms with van der Waals surface area (Å²) in [4.78, 5) is 15.5. The molecule has 4 heteroatoms. The fourth-order valence-corrected chi connectivity index (χ4v) is 2.73. The molecule has 1 amide bonds. The molecule has 0 fully saturated rings. The fourth-order valence-electron chi connectivity index (χ4n) is 2.01. The van der Waals surface area contributed by atoms with Gasteiger partial charge in [0.05, 0.1) is 13.2 Å². The van der Waals surface area contributed by atoms with Crippen molar-refractivity contribution in [3.63, 3.8) is 0 Å². The number of benzene rings is 1. The molecular weight excluding hydrogens is 270 g/mol. The number of nitrogens with zero attached hydrogens (tertiary/aromatic N) is 1. The maximum absolute atomic E-state index is 12.5. The first-order valence-electron chi connectivity index (χ1n) is 6.64. The van der Waals surface area contributed by atoms with Crippen molar-refractivity contribution in [2.75, 3.05) is 13.7 Å². The van der Waals surface area contributed by atoms with E-state index >= 15 is 0 Å². The molecule has 1 heterocycles. The molecule has 0 unspecified atom stereocenters. The van der Waals surface area contributed by atoms with Crippen molar-refractivity contribution in [2.24, 2.45) is 0 Å². The lowest BCUT2D eigenvalue weighted by molar-refractivity contribution is 0.0754. The number of carbonyl (C=O) groups excluding carboxylic acids is 1. The number of carbonyl (C=O) groups is 1. The van der Waals surface area contributed by atoms with Crippen molar-refractivity contribution in [1.29, 1.82) is 0 Å². The van der Waals surface area contributed by atoms with E-state index < -0.39 is 0 Å². The number of hydrogen-bond donors (Lipinski definition) is 0. The van der Waals surface area contributed by atoms with Crippen LogP contribution in [-0.2, 0) is 17.9 Å². The Balaban J connectivity index is 2.07. The SMILES string of the molecule is CCN(Cc1cccs1)C(=O)c1ccc(COC)cc1. The van der Waals surface area contributed by atoms with Crippen LogP contribution in [0, 0.1) is 0 Å². The third-order valence-electron chi connectivity index (χ3n) is 3.11. The molecule has 0 aliphatic heterocycles. The molecule has 2 rings (SSSR count). The van der Waals surface area contributed by atoms with E-state index in [1.54, 1.807) is 18.4 Å². The summed E-state index contributed by atoms with van der Waals surface area (Å²) in [5.41, 5.74) is 1.80. The van der Waals surface area contributed by atoms with Crippen molar-refractivity contribution < 1.29 is 9.53 Å². The zero-order valence-electron chi connectivity index (χ0n) is 11.8. The Bertz CT molecular complexity index is 534. The van der Waals surface area contributed by atoms with Gasteiger partial charge in [-0.3, -0.25) is 4.79 Å². The van der Waals surface area contributed by atoms with Crippen LogP contribution in [0.1, 0.15) is 27.7 Å². The molecule has 0 atom stereocenters. The van der Waals surface area contributed by atoms with Gasteiger partial charge in [-0.25, -0.2) is 0 Å². The van der Waals surface area contributed by atoms with Crippen molar-refractivity contribution in [3.05, 3.63) is 57.8 Å². The Morgan fingerprint density at radius 1 is 1.25 bits per heavy atom. The predicted octanol–water partition coefficient (Wildman–Crippen LogP) is 3.56. The first-order chi connectivity index (χ1) is 9.74. The summed E-state index contributed by atoms with van der Waals surface area (Å²) in [6.45, 7) is 3.95.